The number of nitrogens with two attached hydrogens (primary N) is 1. The smallest absolute Gasteiger partial charge is 0.337 e. The summed E-state index contributed by atoms with van der Waals surface area (Å²) in [5.41, 5.74) is 5.98. The molecule has 2 atom stereocenters. The number of anilines is 2. The van der Waals surface area contributed by atoms with Gasteiger partial charge in [0.05, 0.1) is 11.3 Å². The van der Waals surface area contributed by atoms with Crippen LogP contribution in [-0.2, 0) is 10.8 Å². The molecule has 0 fully saturated rings. The summed E-state index contributed by atoms with van der Waals surface area (Å²) in [7, 11) is -0.913. The minimum Gasteiger partial charge on any atom is -0.478 e. The molecule has 94 valence electrons. The number of nitrogen functional groups attached to an aromatic ring is 1. The topological polar surface area (TPSA) is 105 Å². The SMILES string of the molecule is CC(CS(C)=O)Nc1ncc(C(=O)O)cc1N. The van der Waals surface area contributed by atoms with Gasteiger partial charge >= 0.3 is 5.97 Å². The van der Waals surface area contributed by atoms with Crippen molar-refractivity contribution in [3.05, 3.63) is 17.8 Å². The normalized spacial score (nSPS) is 14.0. The molecule has 2 unspecified atom stereocenters. The van der Waals surface area contributed by atoms with Crippen molar-refractivity contribution in [2.75, 3.05) is 23.1 Å². The molecule has 0 aliphatic carbocycles. The first-order valence-electron chi connectivity index (χ1n) is 4.95. The molecule has 0 aliphatic heterocycles. The molecule has 4 N–H and O–H groups in total. The van der Waals surface area contributed by atoms with Gasteiger partial charge in [0.25, 0.3) is 0 Å². The van der Waals surface area contributed by atoms with E-state index in [2.05, 4.69) is 10.3 Å². The Labute approximate surface area is 102 Å². The van der Waals surface area contributed by atoms with Crippen LogP contribution in [0.25, 0.3) is 0 Å². The van der Waals surface area contributed by atoms with Gasteiger partial charge in [-0.3, -0.25) is 4.21 Å². The van der Waals surface area contributed by atoms with Crippen LogP contribution in [0, 0.1) is 0 Å². The van der Waals surface area contributed by atoms with Gasteiger partial charge < -0.3 is 16.2 Å². The maximum atomic E-state index is 11.0. The van der Waals surface area contributed by atoms with Gasteiger partial charge in [0.2, 0.25) is 0 Å². The Hall–Kier alpha value is -1.63. The number of carboxylic acid groups (broad SMARTS) is 1. The predicted molar refractivity (Wildman–Crippen MR) is 67.6 cm³/mol. The Balaban J connectivity index is 2.79. The summed E-state index contributed by atoms with van der Waals surface area (Å²) >= 11 is 0. The summed E-state index contributed by atoms with van der Waals surface area (Å²) < 4.78 is 11.0. The van der Waals surface area contributed by atoms with Crippen LogP contribution in [0.15, 0.2) is 12.3 Å². The van der Waals surface area contributed by atoms with Crippen molar-refractivity contribution < 1.29 is 14.1 Å². The highest BCUT2D eigenvalue weighted by Gasteiger charge is 2.10. The molecule has 0 aliphatic rings. The predicted octanol–water partition coefficient (Wildman–Crippen LogP) is 0.541. The fourth-order valence-electron chi connectivity index (χ4n) is 1.35. The average Bonchev–Trinajstić information content (AvgIpc) is 2.19. The standard InChI is InChI=1S/C10H15N3O3S/c1-6(5-17(2)16)13-9-8(11)3-7(4-12-9)10(14)15/h3-4,6H,5,11H2,1-2H3,(H,12,13)(H,14,15). The molecular weight excluding hydrogens is 242 g/mol. The summed E-state index contributed by atoms with van der Waals surface area (Å²) in [4.78, 5) is 14.6. The third kappa shape index (κ3) is 4.03. The minimum absolute atomic E-state index is 0.0415. The number of aromatic carboxylic acids is 1. The second kappa shape index (κ2) is 5.62. The van der Waals surface area contributed by atoms with E-state index >= 15 is 0 Å². The van der Waals surface area contributed by atoms with Crippen molar-refractivity contribution in [3.8, 4) is 0 Å². The van der Waals surface area contributed by atoms with E-state index in [9.17, 15) is 9.00 Å². The van der Waals surface area contributed by atoms with Crippen LogP contribution in [0.5, 0.6) is 0 Å². The first-order valence-corrected chi connectivity index (χ1v) is 6.68. The highest BCUT2D eigenvalue weighted by atomic mass is 32.2. The van der Waals surface area contributed by atoms with E-state index in [0.717, 1.165) is 0 Å². The molecule has 0 saturated carbocycles. The lowest BCUT2D eigenvalue weighted by Crippen LogP contribution is -2.23. The number of hydrogen-bond acceptors (Lipinski definition) is 5. The number of carboxylic acids is 1. The second-order valence-corrected chi connectivity index (χ2v) is 5.23. The van der Waals surface area contributed by atoms with Crippen molar-refractivity contribution in [1.82, 2.24) is 4.98 Å². The molecule has 1 aromatic heterocycles. The van der Waals surface area contributed by atoms with Crippen molar-refractivity contribution in [2.24, 2.45) is 0 Å². The number of aromatic nitrogens is 1. The number of hydrogen-bond donors (Lipinski definition) is 3. The van der Waals surface area contributed by atoms with Gasteiger partial charge in [0, 0.05) is 35.0 Å². The van der Waals surface area contributed by atoms with Crippen molar-refractivity contribution >= 4 is 28.3 Å². The highest BCUT2D eigenvalue weighted by molar-refractivity contribution is 7.84. The lowest BCUT2D eigenvalue weighted by molar-refractivity contribution is 0.0696. The number of nitrogens with one attached hydrogen (secondary N) is 1. The van der Waals surface area contributed by atoms with Crippen molar-refractivity contribution in [1.29, 1.82) is 0 Å². The summed E-state index contributed by atoms with van der Waals surface area (Å²) in [5.74, 6) is -0.187. The molecule has 6 nitrogen and oxygen atoms in total. The maximum absolute atomic E-state index is 11.0. The highest BCUT2D eigenvalue weighted by Crippen LogP contribution is 2.17. The fraction of sp³-hybridized carbons (Fsp3) is 0.400. The Morgan fingerprint density at radius 1 is 1.71 bits per heavy atom. The van der Waals surface area contributed by atoms with Gasteiger partial charge in [0.15, 0.2) is 0 Å². The zero-order chi connectivity index (χ0) is 13.0. The minimum atomic E-state index is -1.07. The molecule has 0 bridgehead atoms. The second-order valence-electron chi connectivity index (χ2n) is 3.75. The molecule has 1 heterocycles. The quantitative estimate of drug-likeness (QED) is 0.711. The van der Waals surface area contributed by atoms with E-state index in [1.54, 1.807) is 6.26 Å². The summed E-state index contributed by atoms with van der Waals surface area (Å²) in [6.45, 7) is 1.85. The third-order valence-corrected chi connectivity index (χ3v) is 3.00. The summed E-state index contributed by atoms with van der Waals surface area (Å²) in [6, 6.07) is 1.29. The molecule has 0 saturated heterocycles. The average molecular weight is 257 g/mol. The Kier molecular flexibility index (Phi) is 4.45. The van der Waals surface area contributed by atoms with Crippen LogP contribution in [-0.4, -0.2) is 38.3 Å². The zero-order valence-corrected chi connectivity index (χ0v) is 10.5. The van der Waals surface area contributed by atoms with Crippen LogP contribution in [0.1, 0.15) is 17.3 Å². The molecular formula is C10H15N3O3S. The zero-order valence-electron chi connectivity index (χ0n) is 9.64. The lowest BCUT2D eigenvalue weighted by atomic mass is 10.2. The molecule has 7 heteroatoms. The largest absolute Gasteiger partial charge is 0.478 e. The number of carbonyl (C=O) groups is 1. The number of nitrogens with zero attached hydrogens (tertiary/aromatic N) is 1. The van der Waals surface area contributed by atoms with E-state index in [1.807, 2.05) is 6.92 Å². The molecule has 0 aromatic carbocycles. The molecule has 1 rings (SSSR count). The Morgan fingerprint density at radius 3 is 2.82 bits per heavy atom. The molecule has 0 radical (unpaired) electrons. The lowest BCUT2D eigenvalue weighted by Gasteiger charge is -2.14. The van der Waals surface area contributed by atoms with Crippen molar-refractivity contribution in [3.63, 3.8) is 0 Å². The van der Waals surface area contributed by atoms with Crippen LogP contribution in [0.3, 0.4) is 0 Å². The van der Waals surface area contributed by atoms with Gasteiger partial charge in [-0.1, -0.05) is 0 Å². The van der Waals surface area contributed by atoms with Gasteiger partial charge in [-0.05, 0) is 13.0 Å². The molecule has 0 spiro atoms. The first-order chi connectivity index (χ1) is 7.90. The van der Waals surface area contributed by atoms with E-state index in [-0.39, 0.29) is 17.3 Å². The Morgan fingerprint density at radius 2 is 2.35 bits per heavy atom. The van der Waals surface area contributed by atoms with Gasteiger partial charge in [-0.25, -0.2) is 9.78 Å². The van der Waals surface area contributed by atoms with Gasteiger partial charge in [0.1, 0.15) is 5.82 Å². The third-order valence-electron chi connectivity index (χ3n) is 2.03. The van der Waals surface area contributed by atoms with E-state index in [0.29, 0.717) is 11.6 Å². The molecule has 17 heavy (non-hydrogen) atoms. The maximum Gasteiger partial charge on any atom is 0.337 e. The van der Waals surface area contributed by atoms with Crippen LogP contribution < -0.4 is 11.1 Å². The summed E-state index contributed by atoms with van der Waals surface area (Å²) in [6.07, 6.45) is 2.85. The van der Waals surface area contributed by atoms with Crippen LogP contribution >= 0.6 is 0 Å². The fourth-order valence-corrected chi connectivity index (χ4v) is 2.13. The van der Waals surface area contributed by atoms with Gasteiger partial charge in [-0.15, -0.1) is 0 Å². The monoisotopic (exact) mass is 257 g/mol. The van der Waals surface area contributed by atoms with E-state index in [1.165, 1.54) is 12.3 Å². The van der Waals surface area contributed by atoms with E-state index < -0.39 is 16.8 Å². The Bertz CT molecular complexity index is 450. The molecule has 1 aromatic rings. The van der Waals surface area contributed by atoms with Gasteiger partial charge in [-0.2, -0.15) is 0 Å². The summed E-state index contributed by atoms with van der Waals surface area (Å²) in [5, 5.41) is 11.7. The van der Waals surface area contributed by atoms with Crippen LogP contribution in [0.2, 0.25) is 0 Å². The first kappa shape index (κ1) is 13.4. The van der Waals surface area contributed by atoms with E-state index in [4.69, 9.17) is 10.8 Å². The van der Waals surface area contributed by atoms with Crippen molar-refractivity contribution in [2.45, 2.75) is 13.0 Å². The molecule has 0 amide bonds. The van der Waals surface area contributed by atoms with Crippen LogP contribution in [0.4, 0.5) is 11.5 Å². The number of rotatable bonds is 5. The number of pyridine rings is 1.